The first-order valence-electron chi connectivity index (χ1n) is 7.73. The summed E-state index contributed by atoms with van der Waals surface area (Å²) < 4.78 is 14.2. The van der Waals surface area contributed by atoms with Gasteiger partial charge >= 0.3 is 0 Å². The number of halogens is 1. The Labute approximate surface area is 130 Å². The topological polar surface area (TPSA) is 83.0 Å². The SMILES string of the molecule is CC(C)Nc1nc(NC(C)C)nc(C2=C(F)[C@H](O)CCC2)n1. The lowest BCUT2D eigenvalue weighted by Gasteiger charge is -2.20. The number of nitrogens with zero attached hydrogens (tertiary/aromatic N) is 3. The molecule has 0 aromatic carbocycles. The molecule has 0 unspecified atom stereocenters. The second-order valence-corrected chi connectivity index (χ2v) is 6.14. The van der Waals surface area contributed by atoms with Crippen molar-refractivity contribution < 1.29 is 9.50 Å². The lowest BCUT2D eigenvalue weighted by atomic mass is 9.96. The minimum atomic E-state index is -1.05. The molecule has 1 aliphatic rings. The van der Waals surface area contributed by atoms with E-state index in [2.05, 4.69) is 25.6 Å². The average molecular weight is 309 g/mol. The molecular weight excluding hydrogens is 285 g/mol. The van der Waals surface area contributed by atoms with Crippen LogP contribution in [0.5, 0.6) is 0 Å². The molecule has 0 fully saturated rings. The van der Waals surface area contributed by atoms with Crippen LogP contribution in [0.25, 0.3) is 5.57 Å². The fourth-order valence-electron chi connectivity index (χ4n) is 2.29. The van der Waals surface area contributed by atoms with E-state index in [4.69, 9.17) is 0 Å². The maximum Gasteiger partial charge on any atom is 0.228 e. The van der Waals surface area contributed by atoms with E-state index in [1.165, 1.54) is 0 Å². The van der Waals surface area contributed by atoms with E-state index in [1.54, 1.807) is 0 Å². The largest absolute Gasteiger partial charge is 0.386 e. The summed E-state index contributed by atoms with van der Waals surface area (Å²) in [6, 6.07) is 0.302. The molecular formula is C15H24FN5O. The van der Waals surface area contributed by atoms with Gasteiger partial charge in [-0.1, -0.05) is 0 Å². The number of aliphatic hydroxyl groups is 1. The van der Waals surface area contributed by atoms with Crippen LogP contribution in [0.3, 0.4) is 0 Å². The first-order chi connectivity index (χ1) is 10.4. The molecule has 1 aliphatic carbocycles. The van der Waals surface area contributed by atoms with Gasteiger partial charge in [0.2, 0.25) is 11.9 Å². The van der Waals surface area contributed by atoms with Crippen molar-refractivity contribution in [2.45, 2.75) is 65.1 Å². The van der Waals surface area contributed by atoms with Gasteiger partial charge in [-0.15, -0.1) is 0 Å². The van der Waals surface area contributed by atoms with Crippen LogP contribution >= 0.6 is 0 Å². The first kappa shape index (κ1) is 16.6. The summed E-state index contributed by atoms with van der Waals surface area (Å²) in [5, 5.41) is 15.9. The quantitative estimate of drug-likeness (QED) is 0.776. The molecule has 1 aromatic rings. The highest BCUT2D eigenvalue weighted by Gasteiger charge is 2.25. The molecule has 0 bridgehead atoms. The molecule has 122 valence electrons. The van der Waals surface area contributed by atoms with Gasteiger partial charge in [-0.3, -0.25) is 0 Å². The molecule has 0 aliphatic heterocycles. The Balaban J connectivity index is 2.42. The molecule has 6 nitrogen and oxygen atoms in total. The van der Waals surface area contributed by atoms with Crippen molar-refractivity contribution in [3.63, 3.8) is 0 Å². The van der Waals surface area contributed by atoms with Crippen LogP contribution in [-0.2, 0) is 0 Å². The van der Waals surface area contributed by atoms with E-state index in [0.717, 1.165) is 6.42 Å². The van der Waals surface area contributed by atoms with Gasteiger partial charge in [-0.25, -0.2) is 4.39 Å². The van der Waals surface area contributed by atoms with Crippen molar-refractivity contribution in [1.29, 1.82) is 0 Å². The Morgan fingerprint density at radius 1 is 1.05 bits per heavy atom. The van der Waals surface area contributed by atoms with E-state index in [-0.39, 0.29) is 17.9 Å². The lowest BCUT2D eigenvalue weighted by molar-refractivity contribution is 0.165. The zero-order valence-corrected chi connectivity index (χ0v) is 13.5. The van der Waals surface area contributed by atoms with Gasteiger partial charge < -0.3 is 15.7 Å². The smallest absolute Gasteiger partial charge is 0.228 e. The fraction of sp³-hybridized carbons (Fsp3) is 0.667. The van der Waals surface area contributed by atoms with Crippen molar-refractivity contribution in [3.8, 4) is 0 Å². The molecule has 1 heterocycles. The van der Waals surface area contributed by atoms with Crippen LogP contribution < -0.4 is 10.6 Å². The van der Waals surface area contributed by atoms with Crippen molar-refractivity contribution in [2.24, 2.45) is 0 Å². The number of allylic oxidation sites excluding steroid dienone is 1. The third-order valence-corrected chi connectivity index (χ3v) is 3.23. The number of hydrogen-bond acceptors (Lipinski definition) is 6. The molecule has 7 heteroatoms. The number of aromatic nitrogens is 3. The number of hydrogen-bond donors (Lipinski definition) is 3. The second kappa shape index (κ2) is 7.00. The van der Waals surface area contributed by atoms with E-state index in [0.29, 0.717) is 30.3 Å². The van der Waals surface area contributed by atoms with Crippen LogP contribution in [0.2, 0.25) is 0 Å². The maximum atomic E-state index is 14.2. The minimum Gasteiger partial charge on any atom is -0.386 e. The summed E-state index contributed by atoms with van der Waals surface area (Å²) in [4.78, 5) is 12.9. The van der Waals surface area contributed by atoms with E-state index < -0.39 is 11.9 Å². The highest BCUT2D eigenvalue weighted by atomic mass is 19.1. The predicted octanol–water partition coefficient (Wildman–Crippen LogP) is 2.74. The van der Waals surface area contributed by atoms with Gasteiger partial charge in [0.05, 0.1) is 0 Å². The number of aliphatic hydroxyl groups excluding tert-OH is 1. The van der Waals surface area contributed by atoms with E-state index >= 15 is 0 Å². The zero-order chi connectivity index (χ0) is 16.3. The van der Waals surface area contributed by atoms with Gasteiger partial charge in [0.15, 0.2) is 5.82 Å². The Hall–Kier alpha value is -1.76. The average Bonchev–Trinajstić information content (AvgIpc) is 2.40. The van der Waals surface area contributed by atoms with Crippen LogP contribution in [0.1, 0.15) is 52.8 Å². The molecule has 0 amide bonds. The van der Waals surface area contributed by atoms with Crippen molar-refractivity contribution in [2.75, 3.05) is 10.6 Å². The summed E-state index contributed by atoms with van der Waals surface area (Å²) in [5.74, 6) is 0.577. The number of rotatable bonds is 5. The van der Waals surface area contributed by atoms with Crippen molar-refractivity contribution >= 4 is 17.5 Å². The Morgan fingerprint density at radius 2 is 1.59 bits per heavy atom. The summed E-state index contributed by atoms with van der Waals surface area (Å²) in [7, 11) is 0. The van der Waals surface area contributed by atoms with E-state index in [9.17, 15) is 9.50 Å². The van der Waals surface area contributed by atoms with E-state index in [1.807, 2.05) is 27.7 Å². The normalized spacial score (nSPS) is 19.0. The summed E-state index contributed by atoms with van der Waals surface area (Å²) in [5.41, 5.74) is 0.375. The Morgan fingerprint density at radius 3 is 2.09 bits per heavy atom. The minimum absolute atomic E-state index is 0.151. The first-order valence-corrected chi connectivity index (χ1v) is 7.73. The molecule has 1 aromatic heterocycles. The van der Waals surface area contributed by atoms with Gasteiger partial charge in [-0.05, 0) is 47.0 Å². The third-order valence-electron chi connectivity index (χ3n) is 3.23. The monoisotopic (exact) mass is 309 g/mol. The van der Waals surface area contributed by atoms with Crippen LogP contribution in [0, 0.1) is 0 Å². The summed E-state index contributed by atoms with van der Waals surface area (Å²) in [6.45, 7) is 7.90. The van der Waals surface area contributed by atoms with Gasteiger partial charge in [0.25, 0.3) is 0 Å². The van der Waals surface area contributed by atoms with Crippen molar-refractivity contribution in [1.82, 2.24) is 15.0 Å². The predicted molar refractivity (Wildman–Crippen MR) is 85.2 cm³/mol. The maximum absolute atomic E-state index is 14.2. The molecule has 0 saturated heterocycles. The molecule has 0 radical (unpaired) electrons. The van der Waals surface area contributed by atoms with Crippen LogP contribution in [0.4, 0.5) is 16.3 Å². The highest BCUT2D eigenvalue weighted by molar-refractivity contribution is 5.65. The van der Waals surface area contributed by atoms with Gasteiger partial charge in [0, 0.05) is 17.7 Å². The highest BCUT2D eigenvalue weighted by Crippen LogP contribution is 2.32. The second-order valence-electron chi connectivity index (χ2n) is 6.14. The molecule has 1 atom stereocenters. The van der Waals surface area contributed by atoms with Crippen LogP contribution in [-0.4, -0.2) is 38.2 Å². The Kier molecular flexibility index (Phi) is 5.28. The summed E-state index contributed by atoms with van der Waals surface area (Å²) in [6.07, 6.45) is 0.628. The number of anilines is 2. The lowest BCUT2D eigenvalue weighted by Crippen LogP contribution is -2.20. The molecule has 22 heavy (non-hydrogen) atoms. The van der Waals surface area contributed by atoms with Crippen LogP contribution in [0.15, 0.2) is 5.83 Å². The van der Waals surface area contributed by atoms with Gasteiger partial charge in [-0.2, -0.15) is 15.0 Å². The molecule has 0 spiro atoms. The standard InChI is InChI=1S/C15H24FN5O/c1-8(2)17-14-19-13(20-15(21-14)18-9(3)4)10-6-5-7-11(22)12(10)16/h8-9,11,22H,5-7H2,1-4H3,(H2,17,18,19,20,21)/t11-/m1/s1. The zero-order valence-electron chi connectivity index (χ0n) is 13.5. The van der Waals surface area contributed by atoms with Gasteiger partial charge in [0.1, 0.15) is 11.9 Å². The Bertz CT molecular complexity index is 531. The summed E-state index contributed by atoms with van der Waals surface area (Å²) >= 11 is 0. The molecule has 3 N–H and O–H groups in total. The molecule has 2 rings (SSSR count). The fourth-order valence-corrected chi connectivity index (χ4v) is 2.29. The molecule has 0 saturated carbocycles. The van der Waals surface area contributed by atoms with Crippen molar-refractivity contribution in [3.05, 3.63) is 11.7 Å². The third kappa shape index (κ3) is 4.13. The number of nitrogens with one attached hydrogen (secondary N) is 2.